The number of hydrogen-bond donors (Lipinski definition) is 1. The van der Waals surface area contributed by atoms with Crippen molar-refractivity contribution >= 4 is 22.5 Å². The van der Waals surface area contributed by atoms with Gasteiger partial charge in [0.25, 0.3) is 5.91 Å². The minimum absolute atomic E-state index is 0.00590. The number of alkyl halides is 3. The second-order valence-electron chi connectivity index (χ2n) is 8.09. The fourth-order valence-corrected chi connectivity index (χ4v) is 4.21. The smallest absolute Gasteiger partial charge is 0.416 e. The topological polar surface area (TPSA) is 67.3 Å². The quantitative estimate of drug-likeness (QED) is 0.559. The molecular weight excluding hydrogens is 433 g/mol. The number of halogens is 3. The predicted octanol–water partition coefficient (Wildman–Crippen LogP) is 5.07. The molecule has 0 spiro atoms. The molecule has 0 radical (unpaired) electrons. The lowest BCUT2D eigenvalue weighted by Gasteiger charge is -2.23. The second kappa shape index (κ2) is 9.35. The molecule has 1 aliphatic heterocycles. The zero-order valence-corrected chi connectivity index (χ0v) is 18.4. The molecule has 174 valence electrons. The third-order valence-corrected chi connectivity index (χ3v) is 5.95. The van der Waals surface area contributed by atoms with Crippen molar-refractivity contribution < 1.29 is 22.7 Å². The van der Waals surface area contributed by atoms with Crippen molar-refractivity contribution in [2.24, 2.45) is 0 Å². The number of aryl methyl sites for hydroxylation is 1. The van der Waals surface area contributed by atoms with Crippen LogP contribution in [0.5, 0.6) is 5.75 Å². The Morgan fingerprint density at radius 1 is 1.24 bits per heavy atom. The summed E-state index contributed by atoms with van der Waals surface area (Å²) in [5.74, 6) is -0.490. The number of aromatic nitrogens is 2. The molecule has 0 bridgehead atoms. The fourth-order valence-electron chi connectivity index (χ4n) is 4.21. The first-order valence-electron chi connectivity index (χ1n) is 10.9. The van der Waals surface area contributed by atoms with E-state index >= 15 is 0 Å². The van der Waals surface area contributed by atoms with E-state index < -0.39 is 17.6 Å². The van der Waals surface area contributed by atoms with Crippen LogP contribution >= 0.6 is 0 Å². The predicted molar refractivity (Wildman–Crippen MR) is 119 cm³/mol. The number of nitrogens with one attached hydrogen (secondary N) is 1. The number of fused-ring (bicyclic) bond motifs is 1. The Morgan fingerprint density at radius 3 is 2.82 bits per heavy atom. The number of hydrogen-bond acceptors (Lipinski definition) is 5. The summed E-state index contributed by atoms with van der Waals surface area (Å²) in [5, 5.41) is 3.28. The fraction of sp³-hybridized carbons (Fsp3) is 0.375. The van der Waals surface area contributed by atoms with Crippen molar-refractivity contribution in [2.45, 2.75) is 38.9 Å². The molecule has 0 saturated carbocycles. The van der Waals surface area contributed by atoms with Crippen LogP contribution in [0.3, 0.4) is 0 Å². The minimum atomic E-state index is -4.58. The highest BCUT2D eigenvalue weighted by atomic mass is 19.4. The maximum Gasteiger partial charge on any atom is 0.416 e. The summed E-state index contributed by atoms with van der Waals surface area (Å²) in [5.41, 5.74) is 0.517. The average molecular weight is 458 g/mol. The van der Waals surface area contributed by atoms with Crippen LogP contribution in [0.1, 0.15) is 41.4 Å². The maximum atomic E-state index is 13.5. The van der Waals surface area contributed by atoms with Gasteiger partial charge in [-0.1, -0.05) is 19.1 Å². The first-order valence-corrected chi connectivity index (χ1v) is 10.9. The Kier molecular flexibility index (Phi) is 6.51. The van der Waals surface area contributed by atoms with Crippen LogP contribution in [0.4, 0.5) is 18.9 Å². The third kappa shape index (κ3) is 5.08. The van der Waals surface area contributed by atoms with Crippen molar-refractivity contribution in [1.29, 1.82) is 0 Å². The number of likely N-dealkylation sites (N-methyl/N-ethyl adjacent to an activating group) is 1. The molecule has 2 aromatic carbocycles. The minimum Gasteiger partial charge on any atom is -0.492 e. The van der Waals surface area contributed by atoms with Gasteiger partial charge >= 0.3 is 6.18 Å². The number of likely N-dealkylation sites (tertiary alicyclic amines) is 1. The van der Waals surface area contributed by atoms with E-state index in [9.17, 15) is 18.0 Å². The molecule has 1 amide bonds. The van der Waals surface area contributed by atoms with Crippen LogP contribution in [0.15, 0.2) is 42.7 Å². The van der Waals surface area contributed by atoms with Gasteiger partial charge in [0.1, 0.15) is 18.7 Å². The summed E-state index contributed by atoms with van der Waals surface area (Å²) in [6.07, 6.45) is -1.24. The number of rotatable bonds is 6. The molecule has 0 unspecified atom stereocenters. The van der Waals surface area contributed by atoms with E-state index in [1.165, 1.54) is 12.4 Å². The number of benzene rings is 2. The monoisotopic (exact) mass is 458 g/mol. The molecular formula is C24H25F3N4O2. The Morgan fingerprint density at radius 2 is 2.06 bits per heavy atom. The van der Waals surface area contributed by atoms with E-state index in [2.05, 4.69) is 27.1 Å². The Hall–Kier alpha value is -3.20. The van der Waals surface area contributed by atoms with Gasteiger partial charge in [-0.05, 0) is 51.1 Å². The third-order valence-electron chi connectivity index (χ3n) is 5.95. The van der Waals surface area contributed by atoms with E-state index in [4.69, 9.17) is 4.74 Å². The van der Waals surface area contributed by atoms with Crippen molar-refractivity contribution in [3.63, 3.8) is 0 Å². The molecule has 0 aliphatic carbocycles. The number of ether oxygens (including phenoxy) is 1. The van der Waals surface area contributed by atoms with Crippen LogP contribution in [-0.4, -0.2) is 46.5 Å². The standard InChI is InChI=1S/C24H25F3N4O2/c1-3-31-9-5-6-18(31)13-33-19-11-16(24(25,26)27)10-17(12-19)30-23(32)21-8-4-7-20-15(2)28-14-29-22(20)21/h4,7-8,10-12,14,18H,3,5-6,9,13H2,1-2H3,(H,30,32)/t18-/m0/s1. The SMILES string of the molecule is CCN1CCC[C@H]1COc1cc(NC(=O)c2cccc3c(C)ncnc23)cc(C(F)(F)F)c1. The van der Waals surface area contributed by atoms with E-state index in [1.807, 2.05) is 0 Å². The first kappa shape index (κ1) is 23.0. The van der Waals surface area contributed by atoms with Gasteiger partial charge in [-0.25, -0.2) is 9.97 Å². The Labute approximate surface area is 189 Å². The van der Waals surface area contributed by atoms with Gasteiger partial charge in [-0.3, -0.25) is 9.69 Å². The lowest BCUT2D eigenvalue weighted by molar-refractivity contribution is -0.137. The molecule has 9 heteroatoms. The van der Waals surface area contributed by atoms with Gasteiger partial charge in [0.2, 0.25) is 0 Å². The van der Waals surface area contributed by atoms with Crippen molar-refractivity contribution in [3.05, 3.63) is 59.5 Å². The van der Waals surface area contributed by atoms with Crippen LogP contribution in [0, 0.1) is 6.92 Å². The number of anilines is 1. The number of carbonyl (C=O) groups excluding carboxylic acids is 1. The molecule has 1 aliphatic rings. The molecule has 33 heavy (non-hydrogen) atoms. The van der Waals surface area contributed by atoms with E-state index in [0.717, 1.165) is 38.1 Å². The molecule has 1 fully saturated rings. The largest absolute Gasteiger partial charge is 0.492 e. The van der Waals surface area contributed by atoms with Gasteiger partial charge in [0.15, 0.2) is 0 Å². The highest BCUT2D eigenvalue weighted by molar-refractivity contribution is 6.12. The molecule has 6 nitrogen and oxygen atoms in total. The maximum absolute atomic E-state index is 13.5. The molecule has 1 saturated heterocycles. The van der Waals surface area contributed by atoms with Crippen LogP contribution in [-0.2, 0) is 6.18 Å². The van der Waals surface area contributed by atoms with E-state index in [1.54, 1.807) is 25.1 Å². The number of nitrogens with zero attached hydrogens (tertiary/aromatic N) is 3. The average Bonchev–Trinajstić information content (AvgIpc) is 3.24. The molecule has 4 rings (SSSR count). The lowest BCUT2D eigenvalue weighted by atomic mass is 10.1. The highest BCUT2D eigenvalue weighted by Crippen LogP contribution is 2.35. The van der Waals surface area contributed by atoms with Crippen molar-refractivity contribution in [2.75, 3.05) is 25.0 Å². The number of carbonyl (C=O) groups is 1. The summed E-state index contributed by atoms with van der Waals surface area (Å²) in [7, 11) is 0. The second-order valence-corrected chi connectivity index (χ2v) is 8.09. The van der Waals surface area contributed by atoms with Crippen molar-refractivity contribution in [3.8, 4) is 5.75 Å². The lowest BCUT2D eigenvalue weighted by Crippen LogP contribution is -2.33. The van der Waals surface area contributed by atoms with Crippen LogP contribution < -0.4 is 10.1 Å². The zero-order valence-electron chi connectivity index (χ0n) is 18.4. The van der Waals surface area contributed by atoms with Gasteiger partial charge in [0.05, 0.1) is 16.6 Å². The van der Waals surface area contributed by atoms with Crippen LogP contribution in [0.2, 0.25) is 0 Å². The molecule has 1 aromatic heterocycles. The summed E-state index contributed by atoms with van der Waals surface area (Å²) in [6, 6.07) is 8.52. The molecule has 2 heterocycles. The highest BCUT2D eigenvalue weighted by Gasteiger charge is 2.32. The van der Waals surface area contributed by atoms with Gasteiger partial charge < -0.3 is 10.1 Å². The molecule has 1 atom stereocenters. The van der Waals surface area contributed by atoms with Gasteiger partial charge in [-0.2, -0.15) is 13.2 Å². The Balaban J connectivity index is 1.60. The first-order chi connectivity index (χ1) is 15.8. The summed E-state index contributed by atoms with van der Waals surface area (Å²) < 4.78 is 46.3. The summed E-state index contributed by atoms with van der Waals surface area (Å²) in [4.78, 5) is 23.5. The van der Waals surface area contributed by atoms with Gasteiger partial charge in [-0.15, -0.1) is 0 Å². The van der Waals surface area contributed by atoms with Crippen molar-refractivity contribution in [1.82, 2.24) is 14.9 Å². The van der Waals surface area contributed by atoms with E-state index in [0.29, 0.717) is 23.2 Å². The van der Waals surface area contributed by atoms with Crippen LogP contribution in [0.25, 0.3) is 10.9 Å². The van der Waals surface area contributed by atoms with E-state index in [-0.39, 0.29) is 23.0 Å². The Bertz CT molecular complexity index is 1170. The zero-order chi connectivity index (χ0) is 23.6. The molecule has 3 aromatic rings. The molecule has 1 N–H and O–H groups in total. The number of amides is 1. The summed E-state index contributed by atoms with van der Waals surface area (Å²) in [6.45, 7) is 5.97. The normalized spacial score (nSPS) is 16.8. The summed E-state index contributed by atoms with van der Waals surface area (Å²) >= 11 is 0. The number of para-hydroxylation sites is 1. The van der Waals surface area contributed by atoms with Gasteiger partial charge in [0, 0.05) is 28.9 Å².